The molecule has 1 aliphatic heterocycles. The van der Waals surface area contributed by atoms with E-state index in [2.05, 4.69) is 0 Å². The molecule has 1 fully saturated rings. The minimum Gasteiger partial charge on any atom is -0.430 e. The highest BCUT2D eigenvalue weighted by molar-refractivity contribution is 5.72. The van der Waals surface area contributed by atoms with E-state index in [1.165, 1.54) is 14.0 Å². The van der Waals surface area contributed by atoms with Gasteiger partial charge in [0, 0.05) is 14.0 Å². The summed E-state index contributed by atoms with van der Waals surface area (Å²) in [4.78, 5) is 10.6. The molecular formula is C6H10O4. The first-order valence-corrected chi connectivity index (χ1v) is 3.03. The fourth-order valence-electron chi connectivity index (χ4n) is 0.857. The van der Waals surface area contributed by atoms with Crippen molar-refractivity contribution in [2.75, 3.05) is 7.11 Å². The zero-order valence-corrected chi connectivity index (χ0v) is 5.96. The molecule has 0 saturated carbocycles. The SMILES string of the molecule is COC1(C)OC(=O)CC1O. The van der Waals surface area contributed by atoms with Gasteiger partial charge in [0.2, 0.25) is 5.79 Å². The molecule has 2 unspecified atom stereocenters. The monoisotopic (exact) mass is 146 g/mol. The Balaban J connectivity index is 2.70. The number of carbonyl (C=O) groups excluding carboxylic acids is 1. The Morgan fingerprint density at radius 2 is 2.50 bits per heavy atom. The first-order valence-electron chi connectivity index (χ1n) is 3.03. The molecule has 4 nitrogen and oxygen atoms in total. The number of ether oxygens (including phenoxy) is 2. The van der Waals surface area contributed by atoms with Crippen LogP contribution in [0.4, 0.5) is 0 Å². The highest BCUT2D eigenvalue weighted by Crippen LogP contribution is 2.26. The van der Waals surface area contributed by atoms with Gasteiger partial charge >= 0.3 is 5.97 Å². The molecule has 0 aliphatic carbocycles. The Kier molecular flexibility index (Phi) is 1.66. The summed E-state index contributed by atoms with van der Waals surface area (Å²) in [6.45, 7) is 1.53. The lowest BCUT2D eigenvalue weighted by molar-refractivity contribution is -0.218. The first kappa shape index (κ1) is 7.50. The van der Waals surface area contributed by atoms with Gasteiger partial charge in [-0.2, -0.15) is 0 Å². The number of aliphatic hydroxyl groups is 1. The smallest absolute Gasteiger partial charge is 0.311 e. The van der Waals surface area contributed by atoms with E-state index in [1.54, 1.807) is 0 Å². The maximum absolute atomic E-state index is 10.6. The number of aliphatic hydroxyl groups excluding tert-OH is 1. The molecule has 10 heavy (non-hydrogen) atoms. The molecule has 0 bridgehead atoms. The summed E-state index contributed by atoms with van der Waals surface area (Å²) in [5, 5.41) is 9.15. The predicted octanol–water partition coefficient (Wildman–Crippen LogP) is -0.343. The summed E-state index contributed by atoms with van der Waals surface area (Å²) < 4.78 is 9.49. The van der Waals surface area contributed by atoms with E-state index in [4.69, 9.17) is 14.6 Å². The van der Waals surface area contributed by atoms with E-state index in [9.17, 15) is 4.79 Å². The van der Waals surface area contributed by atoms with Crippen molar-refractivity contribution in [3.05, 3.63) is 0 Å². The summed E-state index contributed by atoms with van der Waals surface area (Å²) in [5.74, 6) is -1.55. The zero-order valence-electron chi connectivity index (χ0n) is 5.96. The number of rotatable bonds is 1. The molecule has 1 heterocycles. The quantitative estimate of drug-likeness (QED) is 0.514. The van der Waals surface area contributed by atoms with Crippen molar-refractivity contribution < 1.29 is 19.4 Å². The molecule has 0 aromatic carbocycles. The topological polar surface area (TPSA) is 55.8 Å². The second kappa shape index (κ2) is 2.21. The Morgan fingerprint density at radius 1 is 1.90 bits per heavy atom. The van der Waals surface area contributed by atoms with Crippen LogP contribution in [0.3, 0.4) is 0 Å². The van der Waals surface area contributed by atoms with Gasteiger partial charge in [-0.3, -0.25) is 4.79 Å². The molecule has 1 aliphatic rings. The highest BCUT2D eigenvalue weighted by Gasteiger charge is 2.44. The number of esters is 1. The molecule has 1 rings (SSSR count). The molecule has 0 radical (unpaired) electrons. The lowest BCUT2D eigenvalue weighted by Crippen LogP contribution is -2.37. The maximum Gasteiger partial charge on any atom is 0.311 e. The van der Waals surface area contributed by atoms with Crippen LogP contribution >= 0.6 is 0 Å². The lowest BCUT2D eigenvalue weighted by Gasteiger charge is -2.23. The van der Waals surface area contributed by atoms with Gasteiger partial charge in [-0.15, -0.1) is 0 Å². The third kappa shape index (κ3) is 0.998. The van der Waals surface area contributed by atoms with Gasteiger partial charge in [-0.1, -0.05) is 0 Å². The molecule has 1 saturated heterocycles. The van der Waals surface area contributed by atoms with E-state index in [0.717, 1.165) is 0 Å². The largest absolute Gasteiger partial charge is 0.430 e. The van der Waals surface area contributed by atoms with Crippen molar-refractivity contribution in [2.24, 2.45) is 0 Å². The minimum atomic E-state index is -1.13. The van der Waals surface area contributed by atoms with Gasteiger partial charge in [-0.05, 0) is 0 Å². The molecule has 0 spiro atoms. The summed E-state index contributed by atoms with van der Waals surface area (Å²) >= 11 is 0. The van der Waals surface area contributed by atoms with Crippen molar-refractivity contribution in [3.63, 3.8) is 0 Å². The lowest BCUT2D eigenvalue weighted by atomic mass is 10.1. The van der Waals surface area contributed by atoms with Crippen molar-refractivity contribution in [2.45, 2.75) is 25.2 Å². The highest BCUT2D eigenvalue weighted by atomic mass is 16.7. The van der Waals surface area contributed by atoms with E-state index in [1.807, 2.05) is 0 Å². The van der Waals surface area contributed by atoms with Crippen molar-refractivity contribution in [1.82, 2.24) is 0 Å². The third-order valence-corrected chi connectivity index (χ3v) is 1.69. The van der Waals surface area contributed by atoms with Crippen molar-refractivity contribution in [3.8, 4) is 0 Å². The molecule has 4 heteroatoms. The fourth-order valence-corrected chi connectivity index (χ4v) is 0.857. The van der Waals surface area contributed by atoms with Crippen LogP contribution in [0.15, 0.2) is 0 Å². The van der Waals surface area contributed by atoms with Crippen LogP contribution < -0.4 is 0 Å². The predicted molar refractivity (Wildman–Crippen MR) is 32.1 cm³/mol. The van der Waals surface area contributed by atoms with Gasteiger partial charge in [0.25, 0.3) is 0 Å². The van der Waals surface area contributed by atoms with Gasteiger partial charge < -0.3 is 14.6 Å². The van der Waals surface area contributed by atoms with Crippen LogP contribution in [0.2, 0.25) is 0 Å². The Hall–Kier alpha value is -0.610. The van der Waals surface area contributed by atoms with Crippen LogP contribution in [0.1, 0.15) is 13.3 Å². The van der Waals surface area contributed by atoms with Crippen molar-refractivity contribution in [1.29, 1.82) is 0 Å². The van der Waals surface area contributed by atoms with Crippen molar-refractivity contribution >= 4 is 5.97 Å². The van der Waals surface area contributed by atoms with Crippen LogP contribution in [0, 0.1) is 0 Å². The van der Waals surface area contributed by atoms with Gasteiger partial charge in [-0.25, -0.2) is 0 Å². The first-order chi connectivity index (χ1) is 4.58. The Labute approximate surface area is 58.7 Å². The van der Waals surface area contributed by atoms with Gasteiger partial charge in [0.05, 0.1) is 6.42 Å². The van der Waals surface area contributed by atoms with Crippen LogP contribution in [0.25, 0.3) is 0 Å². The summed E-state index contributed by atoms with van der Waals surface area (Å²) in [5.41, 5.74) is 0. The maximum atomic E-state index is 10.6. The zero-order chi connectivity index (χ0) is 7.78. The standard InChI is InChI=1S/C6H10O4/c1-6(9-2)4(7)3-5(8)10-6/h4,7H,3H2,1-2H3. The molecule has 0 amide bonds. The minimum absolute atomic E-state index is 0.0182. The second-order valence-electron chi connectivity index (χ2n) is 2.41. The molecule has 0 aromatic heterocycles. The third-order valence-electron chi connectivity index (χ3n) is 1.69. The van der Waals surface area contributed by atoms with Gasteiger partial charge in [0.15, 0.2) is 0 Å². The molecule has 2 atom stereocenters. The molecule has 58 valence electrons. The van der Waals surface area contributed by atoms with E-state index >= 15 is 0 Å². The normalized spacial score (nSPS) is 39.9. The number of hydrogen-bond donors (Lipinski definition) is 1. The number of cyclic esters (lactones) is 1. The van der Waals surface area contributed by atoms with Crippen LogP contribution in [-0.2, 0) is 14.3 Å². The second-order valence-corrected chi connectivity index (χ2v) is 2.41. The van der Waals surface area contributed by atoms with Gasteiger partial charge in [0.1, 0.15) is 6.10 Å². The Bertz CT molecular complexity index is 156. The summed E-state index contributed by atoms with van der Waals surface area (Å²) in [7, 11) is 1.39. The number of methoxy groups -OCH3 is 1. The van der Waals surface area contributed by atoms with E-state index in [0.29, 0.717) is 0 Å². The Morgan fingerprint density at radius 3 is 2.70 bits per heavy atom. The summed E-state index contributed by atoms with van der Waals surface area (Å²) in [6.07, 6.45) is -0.824. The van der Waals surface area contributed by atoms with E-state index < -0.39 is 17.9 Å². The summed E-state index contributed by atoms with van der Waals surface area (Å²) in [6, 6.07) is 0. The van der Waals surface area contributed by atoms with E-state index in [-0.39, 0.29) is 6.42 Å². The molecule has 1 N–H and O–H groups in total. The average molecular weight is 146 g/mol. The average Bonchev–Trinajstić information content (AvgIpc) is 2.09. The molecular weight excluding hydrogens is 136 g/mol. The van der Waals surface area contributed by atoms with Crippen LogP contribution in [0.5, 0.6) is 0 Å². The number of hydrogen-bond acceptors (Lipinski definition) is 4. The van der Waals surface area contributed by atoms with Crippen LogP contribution in [-0.4, -0.2) is 30.1 Å². The fraction of sp³-hybridized carbons (Fsp3) is 0.833. The molecule has 0 aromatic rings. The number of carbonyl (C=O) groups is 1.